The maximum Gasteiger partial charge on any atom is 0.387 e. The third kappa shape index (κ3) is 3.40. The van der Waals surface area contributed by atoms with Crippen LogP contribution in [-0.4, -0.2) is 45.4 Å². The number of nitrogens with one attached hydrogen (secondary N) is 1. The number of rotatable bonds is 5. The lowest BCUT2D eigenvalue weighted by Crippen LogP contribution is -2.34. The van der Waals surface area contributed by atoms with Gasteiger partial charge in [-0.3, -0.25) is 4.98 Å². The highest BCUT2D eigenvalue weighted by atomic mass is 32.2. The van der Waals surface area contributed by atoms with E-state index in [-0.39, 0.29) is 17.9 Å². The third-order valence-electron chi connectivity index (χ3n) is 4.34. The number of ether oxygens (including phenoxy) is 1. The molecule has 0 unspecified atom stereocenters. The molecule has 26 heavy (non-hydrogen) atoms. The molecule has 0 bridgehead atoms. The molecule has 1 aliphatic rings. The molecule has 7 nitrogen and oxygen atoms in total. The number of nitrogens with zero attached hydrogens (tertiary/aromatic N) is 3. The third-order valence-corrected chi connectivity index (χ3v) is 6.17. The van der Waals surface area contributed by atoms with Crippen LogP contribution in [0.15, 0.2) is 24.4 Å². The van der Waals surface area contributed by atoms with E-state index in [1.54, 1.807) is 4.90 Å². The molecule has 1 atom stereocenters. The molecule has 0 amide bonds. The van der Waals surface area contributed by atoms with E-state index in [2.05, 4.69) is 14.4 Å². The minimum Gasteiger partial charge on any atom is -0.435 e. The molecule has 3 rings (SSSR count). The van der Waals surface area contributed by atoms with Crippen molar-refractivity contribution in [3.63, 3.8) is 0 Å². The van der Waals surface area contributed by atoms with Gasteiger partial charge in [-0.05, 0) is 31.7 Å². The summed E-state index contributed by atoms with van der Waals surface area (Å²) in [5.74, 6) is -0.0516. The largest absolute Gasteiger partial charge is 0.435 e. The van der Waals surface area contributed by atoms with Crippen molar-refractivity contribution in [1.29, 1.82) is 5.26 Å². The zero-order valence-electron chi connectivity index (χ0n) is 13.8. The molecule has 0 spiro atoms. The standard InChI is InChI=1S/C16H16F2N4O3S/c1-20-26(23,24)12-4-5-22(9-12)15-10(7-19)8-21-14-3-2-11(6-13(14)15)25-16(17)18/h2-3,6,8,12,16,20H,4-5,9H2,1H3/t12-/m1/s1. The molecule has 10 heteroatoms. The molecule has 1 N–H and O–H groups in total. The number of alkyl halides is 2. The average molecular weight is 382 g/mol. The number of halogens is 2. The van der Waals surface area contributed by atoms with E-state index in [0.717, 1.165) is 0 Å². The Balaban J connectivity index is 2.07. The molecule has 1 aromatic heterocycles. The summed E-state index contributed by atoms with van der Waals surface area (Å²) >= 11 is 0. The average Bonchev–Trinajstić information content (AvgIpc) is 3.10. The zero-order chi connectivity index (χ0) is 18.9. The van der Waals surface area contributed by atoms with Crippen LogP contribution >= 0.6 is 0 Å². The predicted octanol–water partition coefficient (Wildman–Crippen LogP) is 1.84. The van der Waals surface area contributed by atoms with Crippen LogP contribution in [-0.2, 0) is 10.0 Å². The Hall–Kier alpha value is -2.51. The van der Waals surface area contributed by atoms with Crippen LogP contribution in [0.3, 0.4) is 0 Å². The Morgan fingerprint density at radius 2 is 2.23 bits per heavy atom. The molecular weight excluding hydrogens is 366 g/mol. The Morgan fingerprint density at radius 3 is 2.88 bits per heavy atom. The first-order chi connectivity index (χ1) is 12.4. The van der Waals surface area contributed by atoms with Gasteiger partial charge in [0.2, 0.25) is 10.0 Å². The van der Waals surface area contributed by atoms with Gasteiger partial charge in [0, 0.05) is 24.7 Å². The lowest BCUT2D eigenvalue weighted by Gasteiger charge is -2.22. The summed E-state index contributed by atoms with van der Waals surface area (Å²) in [6.07, 6.45) is 1.79. The first kappa shape index (κ1) is 18.3. The molecular formula is C16H16F2N4O3S. The monoisotopic (exact) mass is 382 g/mol. The highest BCUT2D eigenvalue weighted by Crippen LogP contribution is 2.35. The van der Waals surface area contributed by atoms with Gasteiger partial charge in [0.25, 0.3) is 0 Å². The molecule has 2 aromatic rings. The maximum absolute atomic E-state index is 12.5. The predicted molar refractivity (Wildman–Crippen MR) is 91.7 cm³/mol. The van der Waals surface area contributed by atoms with Crippen molar-refractivity contribution in [1.82, 2.24) is 9.71 Å². The first-order valence-corrected chi connectivity index (χ1v) is 9.35. The quantitative estimate of drug-likeness (QED) is 0.848. The molecule has 0 aliphatic carbocycles. The summed E-state index contributed by atoms with van der Waals surface area (Å²) in [7, 11) is -2.09. The summed E-state index contributed by atoms with van der Waals surface area (Å²) in [6, 6.07) is 6.32. The minimum atomic E-state index is -3.45. The van der Waals surface area contributed by atoms with Gasteiger partial charge in [-0.1, -0.05) is 0 Å². The van der Waals surface area contributed by atoms with Gasteiger partial charge in [-0.15, -0.1) is 0 Å². The summed E-state index contributed by atoms with van der Waals surface area (Å²) in [6.45, 7) is -2.36. The number of aromatic nitrogens is 1. The topological polar surface area (TPSA) is 95.3 Å². The second-order valence-corrected chi connectivity index (χ2v) is 7.96. The molecule has 0 radical (unpaired) electrons. The van der Waals surface area contributed by atoms with Gasteiger partial charge in [0.15, 0.2) is 0 Å². The Bertz CT molecular complexity index is 975. The second-order valence-electron chi connectivity index (χ2n) is 5.80. The molecule has 2 heterocycles. The molecule has 1 aliphatic heterocycles. The van der Waals surface area contributed by atoms with Crippen molar-refractivity contribution in [2.45, 2.75) is 18.3 Å². The number of benzene rings is 1. The number of pyridine rings is 1. The van der Waals surface area contributed by atoms with Gasteiger partial charge in [0.1, 0.15) is 11.8 Å². The summed E-state index contributed by atoms with van der Waals surface area (Å²) < 4.78 is 55.9. The van der Waals surface area contributed by atoms with E-state index < -0.39 is 21.9 Å². The number of hydrogen-bond donors (Lipinski definition) is 1. The normalized spacial score (nSPS) is 17.7. The maximum atomic E-state index is 12.5. The Morgan fingerprint density at radius 1 is 1.46 bits per heavy atom. The number of nitriles is 1. The summed E-state index contributed by atoms with van der Waals surface area (Å²) in [5, 5.41) is 9.27. The van der Waals surface area contributed by atoms with Crippen LogP contribution in [0.1, 0.15) is 12.0 Å². The van der Waals surface area contributed by atoms with E-state index in [9.17, 15) is 22.5 Å². The summed E-state index contributed by atoms with van der Waals surface area (Å²) in [5.41, 5.74) is 1.22. The van der Waals surface area contributed by atoms with Crippen LogP contribution in [0.25, 0.3) is 10.9 Å². The van der Waals surface area contributed by atoms with Gasteiger partial charge in [-0.25, -0.2) is 13.1 Å². The smallest absolute Gasteiger partial charge is 0.387 e. The number of sulfonamides is 1. The van der Waals surface area contributed by atoms with Crippen molar-refractivity contribution in [2.24, 2.45) is 0 Å². The van der Waals surface area contributed by atoms with Crippen LogP contribution in [0.2, 0.25) is 0 Å². The van der Waals surface area contributed by atoms with E-state index in [0.29, 0.717) is 29.6 Å². The highest BCUT2D eigenvalue weighted by Gasteiger charge is 2.34. The first-order valence-electron chi connectivity index (χ1n) is 7.80. The number of hydrogen-bond acceptors (Lipinski definition) is 6. The van der Waals surface area contributed by atoms with Crippen LogP contribution in [0, 0.1) is 11.3 Å². The van der Waals surface area contributed by atoms with Crippen molar-refractivity contribution < 1.29 is 21.9 Å². The lowest BCUT2D eigenvalue weighted by molar-refractivity contribution is -0.0497. The van der Waals surface area contributed by atoms with Gasteiger partial charge in [-0.2, -0.15) is 14.0 Å². The molecule has 1 aromatic carbocycles. The van der Waals surface area contributed by atoms with Crippen molar-refractivity contribution in [3.8, 4) is 11.8 Å². The fourth-order valence-electron chi connectivity index (χ4n) is 3.11. The highest BCUT2D eigenvalue weighted by molar-refractivity contribution is 7.90. The second kappa shape index (κ2) is 7.01. The van der Waals surface area contributed by atoms with Gasteiger partial charge >= 0.3 is 6.61 Å². The Kier molecular flexibility index (Phi) is 4.93. The van der Waals surface area contributed by atoms with Crippen LogP contribution in [0.5, 0.6) is 5.75 Å². The van der Waals surface area contributed by atoms with Gasteiger partial charge in [0.05, 0.1) is 22.0 Å². The molecule has 1 fully saturated rings. The van der Waals surface area contributed by atoms with Crippen LogP contribution < -0.4 is 14.4 Å². The lowest BCUT2D eigenvalue weighted by atomic mass is 10.1. The fraction of sp³-hybridized carbons (Fsp3) is 0.375. The molecule has 1 saturated heterocycles. The molecule has 138 valence electrons. The summed E-state index contributed by atoms with van der Waals surface area (Å²) in [4.78, 5) is 5.94. The van der Waals surface area contributed by atoms with Crippen molar-refractivity contribution in [3.05, 3.63) is 30.0 Å². The zero-order valence-corrected chi connectivity index (χ0v) is 14.6. The van der Waals surface area contributed by atoms with E-state index >= 15 is 0 Å². The SMILES string of the molecule is CNS(=O)(=O)[C@@H]1CCN(c2c(C#N)cnc3ccc(OC(F)F)cc23)C1. The fourth-order valence-corrected chi connectivity index (χ4v) is 4.23. The number of fused-ring (bicyclic) bond motifs is 1. The Labute approximate surface area is 149 Å². The van der Waals surface area contributed by atoms with E-state index in [4.69, 9.17) is 0 Å². The van der Waals surface area contributed by atoms with Gasteiger partial charge < -0.3 is 9.64 Å². The van der Waals surface area contributed by atoms with E-state index in [1.165, 1.54) is 31.4 Å². The molecule has 0 saturated carbocycles. The van der Waals surface area contributed by atoms with Crippen LogP contribution in [0.4, 0.5) is 14.5 Å². The minimum absolute atomic E-state index is 0.0516. The van der Waals surface area contributed by atoms with E-state index in [1.807, 2.05) is 6.07 Å². The van der Waals surface area contributed by atoms with Crippen molar-refractivity contribution in [2.75, 3.05) is 25.0 Å². The van der Waals surface area contributed by atoms with Crippen molar-refractivity contribution >= 4 is 26.6 Å². The number of anilines is 1.